The van der Waals surface area contributed by atoms with Crippen LogP contribution in [0.4, 0.5) is 10.2 Å². The summed E-state index contributed by atoms with van der Waals surface area (Å²) in [6.45, 7) is 2.34. The van der Waals surface area contributed by atoms with Crippen molar-refractivity contribution < 1.29 is 9.50 Å². The number of aliphatic hydroxyl groups is 1. The molecule has 1 heterocycles. The molecule has 0 aliphatic carbocycles. The fraction of sp³-hybridized carbons (Fsp3) is 0.214. The normalized spacial score (nSPS) is 12.2. The van der Waals surface area contributed by atoms with Gasteiger partial charge in [-0.05, 0) is 30.2 Å². The molecule has 0 fully saturated rings. The van der Waals surface area contributed by atoms with Crippen LogP contribution in [0.3, 0.4) is 0 Å². The average Bonchev–Trinajstić information content (AvgIpc) is 2.38. The molecule has 1 atom stereocenters. The molecule has 94 valence electrons. The van der Waals surface area contributed by atoms with Crippen molar-refractivity contribution in [1.29, 1.82) is 0 Å². The van der Waals surface area contributed by atoms with Crippen LogP contribution >= 0.6 is 0 Å². The number of halogens is 1. The molecule has 2 rings (SSSR count). The average molecular weight is 246 g/mol. The molecule has 18 heavy (non-hydrogen) atoms. The minimum atomic E-state index is -0.453. The predicted molar refractivity (Wildman–Crippen MR) is 68.6 cm³/mol. The molecule has 1 aromatic carbocycles. The first-order chi connectivity index (χ1) is 8.65. The SMILES string of the molecule is CC(O)c1ccc(CNc2ccc(F)cn2)cc1. The zero-order valence-electron chi connectivity index (χ0n) is 10.1. The Bertz CT molecular complexity index is 494. The molecule has 2 N–H and O–H groups in total. The number of aromatic nitrogens is 1. The van der Waals surface area contributed by atoms with E-state index in [2.05, 4.69) is 10.3 Å². The van der Waals surface area contributed by atoms with Gasteiger partial charge in [-0.2, -0.15) is 0 Å². The van der Waals surface area contributed by atoms with E-state index in [9.17, 15) is 9.50 Å². The van der Waals surface area contributed by atoms with E-state index in [0.29, 0.717) is 12.4 Å². The topological polar surface area (TPSA) is 45.1 Å². The third-order valence-electron chi connectivity index (χ3n) is 2.66. The third kappa shape index (κ3) is 3.28. The van der Waals surface area contributed by atoms with Crippen LogP contribution in [0.1, 0.15) is 24.2 Å². The maximum absolute atomic E-state index is 12.7. The summed E-state index contributed by atoms with van der Waals surface area (Å²) < 4.78 is 12.7. The molecule has 4 heteroatoms. The molecular formula is C14H15FN2O. The first-order valence-electron chi connectivity index (χ1n) is 5.77. The van der Waals surface area contributed by atoms with E-state index >= 15 is 0 Å². The minimum absolute atomic E-state index is 0.346. The number of hydrogen-bond acceptors (Lipinski definition) is 3. The van der Waals surface area contributed by atoms with Crippen molar-refractivity contribution in [3.05, 3.63) is 59.5 Å². The number of aliphatic hydroxyl groups excluding tert-OH is 1. The number of rotatable bonds is 4. The van der Waals surface area contributed by atoms with E-state index in [1.807, 2.05) is 24.3 Å². The number of benzene rings is 1. The van der Waals surface area contributed by atoms with Gasteiger partial charge in [0.1, 0.15) is 11.6 Å². The Balaban J connectivity index is 1.95. The molecule has 1 aromatic heterocycles. The van der Waals surface area contributed by atoms with Crippen LogP contribution < -0.4 is 5.32 Å². The Hall–Kier alpha value is -1.94. The summed E-state index contributed by atoms with van der Waals surface area (Å²) in [5.41, 5.74) is 1.96. The van der Waals surface area contributed by atoms with Crippen LogP contribution in [-0.4, -0.2) is 10.1 Å². The molecular weight excluding hydrogens is 231 g/mol. The third-order valence-corrected chi connectivity index (χ3v) is 2.66. The highest BCUT2D eigenvalue weighted by Crippen LogP contribution is 2.13. The van der Waals surface area contributed by atoms with Gasteiger partial charge in [-0.1, -0.05) is 24.3 Å². The minimum Gasteiger partial charge on any atom is -0.389 e. The highest BCUT2D eigenvalue weighted by atomic mass is 19.1. The van der Waals surface area contributed by atoms with Gasteiger partial charge in [0, 0.05) is 6.54 Å². The number of hydrogen-bond donors (Lipinski definition) is 2. The quantitative estimate of drug-likeness (QED) is 0.872. The fourth-order valence-electron chi connectivity index (χ4n) is 1.59. The van der Waals surface area contributed by atoms with Gasteiger partial charge >= 0.3 is 0 Å². The molecule has 0 aliphatic heterocycles. The molecule has 0 amide bonds. The zero-order valence-corrected chi connectivity index (χ0v) is 10.1. The summed E-state index contributed by atoms with van der Waals surface area (Å²) in [4.78, 5) is 3.91. The monoisotopic (exact) mass is 246 g/mol. The first kappa shape index (κ1) is 12.5. The smallest absolute Gasteiger partial charge is 0.141 e. The van der Waals surface area contributed by atoms with Gasteiger partial charge in [0.25, 0.3) is 0 Å². The number of pyridine rings is 1. The van der Waals surface area contributed by atoms with E-state index in [0.717, 1.165) is 11.1 Å². The summed E-state index contributed by atoms with van der Waals surface area (Å²) >= 11 is 0. The highest BCUT2D eigenvalue weighted by Gasteiger charge is 2.00. The van der Waals surface area contributed by atoms with Crippen LogP contribution in [0, 0.1) is 5.82 Å². The van der Waals surface area contributed by atoms with Crippen molar-refractivity contribution in [2.75, 3.05) is 5.32 Å². The van der Waals surface area contributed by atoms with Crippen LogP contribution in [0.25, 0.3) is 0 Å². The second kappa shape index (κ2) is 5.60. The number of anilines is 1. The van der Waals surface area contributed by atoms with Gasteiger partial charge in [0.15, 0.2) is 0 Å². The van der Waals surface area contributed by atoms with Gasteiger partial charge in [-0.15, -0.1) is 0 Å². The van der Waals surface area contributed by atoms with Crippen molar-refractivity contribution in [1.82, 2.24) is 4.98 Å². The molecule has 0 spiro atoms. The van der Waals surface area contributed by atoms with Crippen LogP contribution in [0.2, 0.25) is 0 Å². The van der Waals surface area contributed by atoms with Crippen molar-refractivity contribution in [3.8, 4) is 0 Å². The van der Waals surface area contributed by atoms with Crippen molar-refractivity contribution in [2.45, 2.75) is 19.6 Å². The molecule has 2 aromatic rings. The standard InChI is InChI=1S/C14H15FN2O/c1-10(18)12-4-2-11(3-5-12)8-16-14-7-6-13(15)9-17-14/h2-7,9-10,18H,8H2,1H3,(H,16,17). The predicted octanol–water partition coefficient (Wildman–Crippen LogP) is 2.89. The molecule has 3 nitrogen and oxygen atoms in total. The van der Waals surface area contributed by atoms with E-state index in [1.54, 1.807) is 13.0 Å². The molecule has 0 bridgehead atoms. The molecule has 0 radical (unpaired) electrons. The molecule has 0 saturated heterocycles. The lowest BCUT2D eigenvalue weighted by Gasteiger charge is -2.08. The second-order valence-corrected chi connectivity index (χ2v) is 4.13. The maximum atomic E-state index is 12.7. The summed E-state index contributed by atoms with van der Waals surface area (Å²) in [5.74, 6) is 0.290. The Morgan fingerprint density at radius 2 is 1.94 bits per heavy atom. The summed E-state index contributed by atoms with van der Waals surface area (Å²) in [6.07, 6.45) is 0.726. The number of nitrogens with one attached hydrogen (secondary N) is 1. The highest BCUT2D eigenvalue weighted by molar-refractivity contribution is 5.35. The number of nitrogens with zero attached hydrogens (tertiary/aromatic N) is 1. The van der Waals surface area contributed by atoms with Crippen LogP contribution in [-0.2, 0) is 6.54 Å². The molecule has 0 aliphatic rings. The van der Waals surface area contributed by atoms with Gasteiger partial charge in [0.05, 0.1) is 12.3 Å². The maximum Gasteiger partial charge on any atom is 0.141 e. The van der Waals surface area contributed by atoms with E-state index in [1.165, 1.54) is 12.3 Å². The molecule has 0 saturated carbocycles. The Kier molecular flexibility index (Phi) is 3.89. The second-order valence-electron chi connectivity index (χ2n) is 4.13. The van der Waals surface area contributed by atoms with Crippen LogP contribution in [0.5, 0.6) is 0 Å². The Morgan fingerprint density at radius 1 is 1.22 bits per heavy atom. The van der Waals surface area contributed by atoms with Crippen molar-refractivity contribution in [3.63, 3.8) is 0 Å². The Morgan fingerprint density at radius 3 is 2.50 bits per heavy atom. The van der Waals surface area contributed by atoms with Crippen LogP contribution in [0.15, 0.2) is 42.6 Å². The van der Waals surface area contributed by atoms with Gasteiger partial charge in [-0.3, -0.25) is 0 Å². The molecule has 1 unspecified atom stereocenters. The fourth-order valence-corrected chi connectivity index (χ4v) is 1.59. The Labute approximate surface area is 105 Å². The van der Waals surface area contributed by atoms with Crippen molar-refractivity contribution >= 4 is 5.82 Å². The van der Waals surface area contributed by atoms with Gasteiger partial charge in [0.2, 0.25) is 0 Å². The summed E-state index contributed by atoms with van der Waals surface area (Å²) in [6, 6.07) is 10.6. The summed E-state index contributed by atoms with van der Waals surface area (Å²) in [5, 5.41) is 12.5. The zero-order chi connectivity index (χ0) is 13.0. The first-order valence-corrected chi connectivity index (χ1v) is 5.77. The van der Waals surface area contributed by atoms with E-state index in [4.69, 9.17) is 0 Å². The lowest BCUT2D eigenvalue weighted by molar-refractivity contribution is 0.199. The lowest BCUT2D eigenvalue weighted by Crippen LogP contribution is -2.01. The van der Waals surface area contributed by atoms with Gasteiger partial charge in [-0.25, -0.2) is 9.37 Å². The van der Waals surface area contributed by atoms with Gasteiger partial charge < -0.3 is 10.4 Å². The largest absolute Gasteiger partial charge is 0.389 e. The van der Waals surface area contributed by atoms with Crippen molar-refractivity contribution in [2.24, 2.45) is 0 Å². The summed E-state index contributed by atoms with van der Waals surface area (Å²) in [7, 11) is 0. The lowest BCUT2D eigenvalue weighted by atomic mass is 10.1. The van der Waals surface area contributed by atoms with E-state index < -0.39 is 6.10 Å². The van der Waals surface area contributed by atoms with E-state index in [-0.39, 0.29) is 5.82 Å².